The van der Waals surface area contributed by atoms with Gasteiger partial charge in [-0.15, -0.1) is 0 Å². The van der Waals surface area contributed by atoms with Crippen molar-refractivity contribution in [3.05, 3.63) is 169 Å². The molecule has 0 bridgehead atoms. The van der Waals surface area contributed by atoms with Crippen LogP contribution in [0.1, 0.15) is 67.1 Å². The van der Waals surface area contributed by atoms with E-state index in [2.05, 4.69) is 27.5 Å². The Balaban J connectivity index is 0.000000419. The molecule has 4 atom stereocenters. The maximum absolute atomic E-state index is 13.0. The van der Waals surface area contributed by atoms with Gasteiger partial charge in [-0.3, -0.25) is 0 Å². The highest BCUT2D eigenvalue weighted by atomic mass is 17.1. The molecule has 406 valence electrons. The van der Waals surface area contributed by atoms with Crippen molar-refractivity contribution in [2.45, 2.75) is 50.1 Å². The number of hydrogen-bond donors (Lipinski definition) is 5. The summed E-state index contributed by atoms with van der Waals surface area (Å²) in [5.41, 5.74) is 1.06. The number of unbranched alkanes of at least 4 members (excludes halogenated alkanes) is 2. The van der Waals surface area contributed by atoms with Crippen LogP contribution in [0.3, 0.4) is 0 Å². The van der Waals surface area contributed by atoms with Crippen molar-refractivity contribution < 1.29 is 97.2 Å². The Morgan fingerprint density at radius 1 is 0.506 bits per heavy atom. The first-order chi connectivity index (χ1) is 37.3. The molecule has 0 amide bonds. The van der Waals surface area contributed by atoms with E-state index < -0.39 is 60.2 Å². The zero-order valence-corrected chi connectivity index (χ0v) is 41.9. The fourth-order valence-corrected chi connectivity index (χ4v) is 7.35. The normalized spacial score (nSPS) is 15.8. The summed E-state index contributed by atoms with van der Waals surface area (Å²) in [5, 5.41) is 45.2. The molecule has 0 saturated carbocycles. The maximum Gasteiger partial charge on any atom is 0.343 e. The summed E-state index contributed by atoms with van der Waals surface area (Å²) in [4.78, 5) is 76.5. The molecule has 2 aliphatic rings. The van der Waals surface area contributed by atoms with Crippen LogP contribution in [0.5, 0.6) is 23.0 Å². The van der Waals surface area contributed by atoms with Crippen molar-refractivity contribution in [2.24, 2.45) is 0 Å². The minimum absolute atomic E-state index is 0.0324. The third-order valence-electron chi connectivity index (χ3n) is 11.2. The number of hydrogen-bond acceptors (Lipinski definition) is 20. The summed E-state index contributed by atoms with van der Waals surface area (Å²) in [5.74, 6) is -2.42. The predicted molar refractivity (Wildman–Crippen MR) is 277 cm³/mol. The second-order valence-corrected chi connectivity index (χ2v) is 16.5. The predicted octanol–water partition coefficient (Wildman–Crippen LogP) is 7.12. The number of aliphatic hydroxyl groups excluding tert-OH is 3. The van der Waals surface area contributed by atoms with Gasteiger partial charge in [0.05, 0.1) is 48.7 Å². The van der Waals surface area contributed by atoms with Crippen molar-refractivity contribution in [3.8, 4) is 23.0 Å². The number of fused-ring (bicyclic) bond motifs is 3. The van der Waals surface area contributed by atoms with Crippen molar-refractivity contribution >= 4 is 57.4 Å². The van der Waals surface area contributed by atoms with Gasteiger partial charge in [0.1, 0.15) is 29.5 Å². The number of benzene rings is 6. The first-order valence-electron chi connectivity index (χ1n) is 24.0. The van der Waals surface area contributed by atoms with Crippen LogP contribution in [0.4, 0.5) is 0 Å². The third-order valence-corrected chi connectivity index (χ3v) is 11.2. The van der Waals surface area contributed by atoms with E-state index in [0.717, 1.165) is 40.8 Å². The molecule has 0 radical (unpaired) electrons. The highest BCUT2D eigenvalue weighted by Crippen LogP contribution is 2.32. The quantitative estimate of drug-likeness (QED) is 0.0103. The van der Waals surface area contributed by atoms with Crippen LogP contribution in [0.2, 0.25) is 0 Å². The molecule has 20 heteroatoms. The minimum atomic E-state index is -0.754. The minimum Gasteiger partial charge on any atom is -0.508 e. The van der Waals surface area contributed by atoms with Gasteiger partial charge in [0, 0.05) is 32.5 Å². The van der Waals surface area contributed by atoms with Gasteiger partial charge in [-0.25, -0.2) is 34.0 Å². The Labute approximate surface area is 442 Å². The molecule has 2 fully saturated rings. The molecule has 5 N–H and O–H groups in total. The molecule has 0 aromatic heterocycles. The zero-order valence-electron chi connectivity index (χ0n) is 41.9. The average molecular weight is 1060 g/mol. The molecule has 0 spiro atoms. The molecule has 2 aliphatic heterocycles. The number of rotatable bonds is 19. The molecule has 8 rings (SSSR count). The van der Waals surface area contributed by atoms with Crippen LogP contribution in [-0.4, -0.2) is 133 Å². The molecule has 6 aromatic rings. The van der Waals surface area contributed by atoms with Crippen LogP contribution < -0.4 is 14.4 Å². The average Bonchev–Trinajstić information content (AvgIpc) is 4.06. The standard InChI is InChI=1S/C42H30O13.2C7H12O3.CH4O/c43-31-11-5-25-17-29(3-1-27(25)19-31)41(46)51-32-12-6-23(7-13-32)39(44)53-35-21-49-38-36(22-50-37(35)38)54-40(45)24-8-14-33(15-9-24)52-42(47)30-4-2-28-20-34(55-48)16-10-26(28)18-30;2*1-2-7(9)10-6-4-3-5-8;1-2/h1-20,35-38,43,48H,21-22H2;2*2,8H,1,3-6H2;2H,1H3/t35-,36-,37?,38?;;;/m1.../s1. The molecule has 2 saturated heterocycles. The smallest absolute Gasteiger partial charge is 0.343 e. The third kappa shape index (κ3) is 17.8. The molecule has 20 nitrogen and oxygen atoms in total. The second kappa shape index (κ2) is 30.8. The number of esters is 6. The van der Waals surface area contributed by atoms with E-state index in [1.807, 2.05) is 0 Å². The van der Waals surface area contributed by atoms with E-state index >= 15 is 0 Å². The zero-order chi connectivity index (χ0) is 55.7. The molecule has 6 aromatic carbocycles. The highest BCUT2D eigenvalue weighted by molar-refractivity contribution is 5.98. The van der Waals surface area contributed by atoms with Crippen molar-refractivity contribution in [1.29, 1.82) is 0 Å². The van der Waals surface area contributed by atoms with Crippen LogP contribution >= 0.6 is 0 Å². The lowest BCUT2D eigenvalue weighted by atomic mass is 10.1. The number of phenolic OH excluding ortho intramolecular Hbond substituents is 1. The number of carbonyl (C=O) groups is 6. The second-order valence-electron chi connectivity index (χ2n) is 16.5. The number of phenols is 1. The number of aromatic hydroxyl groups is 1. The topological polar surface area (TPSA) is 287 Å². The monoisotopic (exact) mass is 1060 g/mol. The van der Waals surface area contributed by atoms with Gasteiger partial charge < -0.3 is 63.2 Å². The first-order valence-corrected chi connectivity index (χ1v) is 24.0. The fraction of sp³-hybridized carbons (Fsp3) is 0.263. The number of carbonyl (C=O) groups excluding carboxylic acids is 6. The summed E-state index contributed by atoms with van der Waals surface area (Å²) in [7, 11) is 1.00. The van der Waals surface area contributed by atoms with E-state index in [9.17, 15) is 33.9 Å². The number of ether oxygens (including phenoxy) is 8. The molecule has 0 aliphatic carbocycles. The summed E-state index contributed by atoms with van der Waals surface area (Å²) in [6.45, 7) is 7.56. The van der Waals surface area contributed by atoms with E-state index in [0.29, 0.717) is 50.0 Å². The van der Waals surface area contributed by atoms with E-state index in [1.54, 1.807) is 66.7 Å². The summed E-state index contributed by atoms with van der Waals surface area (Å²) in [6, 6.07) is 31.5. The van der Waals surface area contributed by atoms with Crippen LogP contribution in [0.15, 0.2) is 147 Å². The molecule has 2 heterocycles. The van der Waals surface area contributed by atoms with Crippen LogP contribution in [0, 0.1) is 0 Å². The van der Waals surface area contributed by atoms with E-state index in [4.69, 9.17) is 49.0 Å². The summed E-state index contributed by atoms with van der Waals surface area (Å²) in [6.07, 6.45) is 2.18. The van der Waals surface area contributed by atoms with Gasteiger partial charge in [-0.1, -0.05) is 37.4 Å². The van der Waals surface area contributed by atoms with Gasteiger partial charge >= 0.3 is 35.8 Å². The molecule has 2 unspecified atom stereocenters. The first kappa shape index (κ1) is 59.4. The lowest BCUT2D eigenvalue weighted by molar-refractivity contribution is -0.138. The lowest BCUT2D eigenvalue weighted by Crippen LogP contribution is -2.36. The highest BCUT2D eigenvalue weighted by Gasteiger charge is 2.51. The summed E-state index contributed by atoms with van der Waals surface area (Å²) >= 11 is 0. The van der Waals surface area contributed by atoms with E-state index in [1.165, 1.54) is 54.6 Å². The van der Waals surface area contributed by atoms with Gasteiger partial charge in [-0.2, -0.15) is 0 Å². The van der Waals surface area contributed by atoms with Crippen molar-refractivity contribution in [2.75, 3.05) is 46.8 Å². The SMILES string of the molecule is C=CC(=O)OCCCCO.C=CC(=O)OCCCCO.CO.O=C(Oc1ccc(C(=O)O[C@@H]2COC3C2OC[C@H]3OC(=O)c2ccc(OC(=O)c3ccc4cc(OO)ccc4c3)cc2)cc1)c1ccc2cc(O)ccc2c1. The maximum atomic E-state index is 13.0. The fourth-order valence-electron chi connectivity index (χ4n) is 7.35. The lowest BCUT2D eigenvalue weighted by Gasteiger charge is -2.17. The van der Waals surface area contributed by atoms with Crippen molar-refractivity contribution in [1.82, 2.24) is 0 Å². The Bertz CT molecular complexity index is 2920. The van der Waals surface area contributed by atoms with Gasteiger partial charge in [0.15, 0.2) is 18.0 Å². The number of aliphatic hydroxyl groups is 3. The Morgan fingerprint density at radius 2 is 0.883 bits per heavy atom. The van der Waals surface area contributed by atoms with Gasteiger partial charge in [-0.05, 0) is 144 Å². The van der Waals surface area contributed by atoms with Crippen molar-refractivity contribution in [3.63, 3.8) is 0 Å². The Kier molecular flexibility index (Phi) is 23.7. The largest absolute Gasteiger partial charge is 0.508 e. The van der Waals surface area contributed by atoms with Gasteiger partial charge in [0.2, 0.25) is 0 Å². The Morgan fingerprint density at radius 3 is 1.30 bits per heavy atom. The Hall–Kier alpha value is -8.50. The molecule has 77 heavy (non-hydrogen) atoms. The van der Waals surface area contributed by atoms with Crippen LogP contribution in [0.25, 0.3) is 21.5 Å². The van der Waals surface area contributed by atoms with E-state index in [-0.39, 0.29) is 60.6 Å². The molecular formula is C57H58O20. The van der Waals surface area contributed by atoms with Crippen LogP contribution in [-0.2, 0) is 38.0 Å². The molecular weight excluding hydrogens is 1000 g/mol. The summed E-state index contributed by atoms with van der Waals surface area (Å²) < 4.78 is 43.2. The van der Waals surface area contributed by atoms with Gasteiger partial charge in [0.25, 0.3) is 0 Å².